The van der Waals surface area contributed by atoms with Gasteiger partial charge in [0, 0.05) is 35.7 Å². The number of hydrogen-bond acceptors (Lipinski definition) is 6. The van der Waals surface area contributed by atoms with Gasteiger partial charge in [-0.05, 0) is 24.6 Å². The van der Waals surface area contributed by atoms with Crippen molar-refractivity contribution < 1.29 is 9.72 Å². The van der Waals surface area contributed by atoms with E-state index in [1.165, 1.54) is 40.4 Å². The highest BCUT2D eigenvalue weighted by atomic mass is 35.5. The number of nitrogens with zero attached hydrogens (tertiary/aromatic N) is 3. The molecule has 0 saturated carbocycles. The molecule has 0 aliphatic carbocycles. The number of fused-ring (bicyclic) bond motifs is 1. The summed E-state index contributed by atoms with van der Waals surface area (Å²) < 4.78 is 1.40. The molecule has 0 fully saturated rings. The predicted octanol–water partition coefficient (Wildman–Crippen LogP) is 5.02. The standard InChI is InChI=1S/C22H17ClN4O4S/c1-13-2-4-14(5-3-13)16-11-32-21-20(16)22(29)26(12-24-21)9-8-19(28)25-15-6-7-17(23)18(10-15)27(30)31/h2-7,10-12H,8-9H2,1H3,(H,25,28). The quantitative estimate of drug-likeness (QED) is 0.315. The van der Waals surface area contributed by atoms with Crippen molar-refractivity contribution in [3.05, 3.63) is 85.2 Å². The molecule has 2 aromatic heterocycles. The Morgan fingerprint density at radius 2 is 2.00 bits per heavy atom. The molecule has 162 valence electrons. The van der Waals surface area contributed by atoms with Crippen LogP contribution < -0.4 is 10.9 Å². The molecule has 2 heterocycles. The number of amides is 1. The van der Waals surface area contributed by atoms with Crippen molar-refractivity contribution in [1.82, 2.24) is 9.55 Å². The summed E-state index contributed by atoms with van der Waals surface area (Å²) in [7, 11) is 0. The first-order valence-corrected chi connectivity index (χ1v) is 10.9. The van der Waals surface area contributed by atoms with Gasteiger partial charge < -0.3 is 5.32 Å². The van der Waals surface area contributed by atoms with E-state index in [1.807, 2.05) is 36.6 Å². The Morgan fingerprint density at radius 1 is 1.25 bits per heavy atom. The molecule has 10 heteroatoms. The van der Waals surface area contributed by atoms with Gasteiger partial charge >= 0.3 is 0 Å². The van der Waals surface area contributed by atoms with E-state index < -0.39 is 10.8 Å². The van der Waals surface area contributed by atoms with Crippen LogP contribution in [0.15, 0.2) is 59.0 Å². The van der Waals surface area contributed by atoms with Crippen LogP contribution in [-0.2, 0) is 11.3 Å². The van der Waals surface area contributed by atoms with Crippen molar-refractivity contribution in [2.24, 2.45) is 0 Å². The first-order chi connectivity index (χ1) is 15.3. The molecule has 0 spiro atoms. The van der Waals surface area contributed by atoms with Crippen molar-refractivity contribution >= 4 is 50.4 Å². The second-order valence-electron chi connectivity index (χ2n) is 7.16. The number of benzene rings is 2. The molecule has 4 rings (SSSR count). The highest BCUT2D eigenvalue weighted by molar-refractivity contribution is 7.17. The van der Waals surface area contributed by atoms with Crippen molar-refractivity contribution in [1.29, 1.82) is 0 Å². The summed E-state index contributed by atoms with van der Waals surface area (Å²) in [5, 5.41) is 16.0. The van der Waals surface area contributed by atoms with Crippen molar-refractivity contribution in [3.63, 3.8) is 0 Å². The molecule has 32 heavy (non-hydrogen) atoms. The van der Waals surface area contributed by atoms with Crippen LogP contribution in [0.5, 0.6) is 0 Å². The van der Waals surface area contributed by atoms with E-state index in [-0.39, 0.29) is 34.9 Å². The monoisotopic (exact) mass is 468 g/mol. The van der Waals surface area contributed by atoms with Crippen LogP contribution in [0, 0.1) is 17.0 Å². The Kier molecular flexibility index (Phi) is 6.02. The number of nitrogens with one attached hydrogen (secondary N) is 1. The number of thiophene rings is 1. The fraction of sp³-hybridized carbons (Fsp3) is 0.136. The summed E-state index contributed by atoms with van der Waals surface area (Å²) in [6, 6.07) is 11.9. The lowest BCUT2D eigenvalue weighted by molar-refractivity contribution is -0.384. The number of aryl methyl sites for hydroxylation is 2. The highest BCUT2D eigenvalue weighted by Crippen LogP contribution is 2.31. The molecule has 0 radical (unpaired) electrons. The number of carbonyl (C=O) groups excluding carboxylic acids is 1. The van der Waals surface area contributed by atoms with E-state index in [9.17, 15) is 19.7 Å². The van der Waals surface area contributed by atoms with E-state index >= 15 is 0 Å². The van der Waals surface area contributed by atoms with Crippen LogP contribution in [0.2, 0.25) is 5.02 Å². The molecule has 0 unspecified atom stereocenters. The molecule has 1 N–H and O–H groups in total. The van der Waals surface area contributed by atoms with Crippen LogP contribution in [0.1, 0.15) is 12.0 Å². The summed E-state index contributed by atoms with van der Waals surface area (Å²) in [4.78, 5) is 40.8. The number of nitro benzene ring substituents is 1. The molecule has 0 saturated heterocycles. The molecule has 0 atom stereocenters. The number of halogens is 1. The molecule has 2 aromatic carbocycles. The minimum Gasteiger partial charge on any atom is -0.326 e. The van der Waals surface area contributed by atoms with Gasteiger partial charge in [0.25, 0.3) is 11.2 Å². The first-order valence-electron chi connectivity index (χ1n) is 9.61. The number of anilines is 1. The van der Waals surface area contributed by atoms with E-state index in [1.54, 1.807) is 0 Å². The Morgan fingerprint density at radius 3 is 2.72 bits per heavy atom. The number of carbonyl (C=O) groups is 1. The van der Waals surface area contributed by atoms with Crippen molar-refractivity contribution in [2.45, 2.75) is 19.9 Å². The normalized spacial score (nSPS) is 10.9. The van der Waals surface area contributed by atoms with Crippen molar-refractivity contribution in [2.75, 3.05) is 5.32 Å². The van der Waals surface area contributed by atoms with Gasteiger partial charge in [0.2, 0.25) is 5.91 Å². The van der Waals surface area contributed by atoms with Crippen LogP contribution in [0.4, 0.5) is 11.4 Å². The number of rotatable bonds is 6. The topological polar surface area (TPSA) is 107 Å². The smallest absolute Gasteiger partial charge is 0.289 e. The molecule has 0 bridgehead atoms. The molecule has 0 aliphatic heterocycles. The van der Waals surface area contributed by atoms with Gasteiger partial charge in [0.15, 0.2) is 0 Å². The van der Waals surface area contributed by atoms with Crippen LogP contribution in [0.3, 0.4) is 0 Å². The Bertz CT molecular complexity index is 1400. The third kappa shape index (κ3) is 4.39. The lowest BCUT2D eigenvalue weighted by atomic mass is 10.1. The van der Waals surface area contributed by atoms with E-state index in [2.05, 4.69) is 10.3 Å². The SMILES string of the molecule is Cc1ccc(-c2csc3ncn(CCC(=O)Nc4ccc(Cl)c([N+](=O)[O-])c4)c(=O)c23)cc1. The van der Waals surface area contributed by atoms with Gasteiger partial charge in [0.1, 0.15) is 9.85 Å². The molecule has 1 amide bonds. The highest BCUT2D eigenvalue weighted by Gasteiger charge is 2.16. The zero-order chi connectivity index (χ0) is 22.8. The first kappa shape index (κ1) is 21.7. The molecule has 4 aromatic rings. The lowest BCUT2D eigenvalue weighted by Crippen LogP contribution is -2.23. The van der Waals surface area contributed by atoms with Crippen molar-refractivity contribution in [3.8, 4) is 11.1 Å². The zero-order valence-corrected chi connectivity index (χ0v) is 18.4. The number of nitro groups is 1. The summed E-state index contributed by atoms with van der Waals surface area (Å²) in [5.41, 5.74) is 2.61. The Hall–Kier alpha value is -3.56. The fourth-order valence-corrected chi connectivity index (χ4v) is 4.34. The predicted molar refractivity (Wildman–Crippen MR) is 125 cm³/mol. The van der Waals surface area contributed by atoms with Crippen LogP contribution in [-0.4, -0.2) is 20.4 Å². The molecular weight excluding hydrogens is 452 g/mol. The maximum absolute atomic E-state index is 13.1. The Balaban J connectivity index is 1.53. The van der Waals surface area contributed by atoms with Gasteiger partial charge in [-0.2, -0.15) is 0 Å². The lowest BCUT2D eigenvalue weighted by Gasteiger charge is -2.08. The van der Waals surface area contributed by atoms with E-state index in [0.29, 0.717) is 10.2 Å². The zero-order valence-electron chi connectivity index (χ0n) is 16.9. The third-order valence-electron chi connectivity index (χ3n) is 4.93. The third-order valence-corrected chi connectivity index (χ3v) is 6.14. The largest absolute Gasteiger partial charge is 0.326 e. The summed E-state index contributed by atoms with van der Waals surface area (Å²) in [6.07, 6.45) is 1.42. The van der Waals surface area contributed by atoms with Gasteiger partial charge in [-0.1, -0.05) is 41.4 Å². The summed E-state index contributed by atoms with van der Waals surface area (Å²) in [5.74, 6) is -0.391. The average molecular weight is 469 g/mol. The van der Waals surface area contributed by atoms with E-state index in [4.69, 9.17) is 11.6 Å². The average Bonchev–Trinajstić information content (AvgIpc) is 3.20. The minimum atomic E-state index is -0.620. The van der Waals surface area contributed by atoms with E-state index in [0.717, 1.165) is 16.7 Å². The maximum Gasteiger partial charge on any atom is 0.289 e. The van der Waals surface area contributed by atoms with Gasteiger partial charge in [-0.25, -0.2) is 4.98 Å². The second kappa shape index (κ2) is 8.89. The summed E-state index contributed by atoms with van der Waals surface area (Å²) >= 11 is 7.19. The Labute approximate surface area is 191 Å². The molecular formula is C22H17ClN4O4S. The molecule has 8 nitrogen and oxygen atoms in total. The van der Waals surface area contributed by atoms with Gasteiger partial charge in [-0.15, -0.1) is 11.3 Å². The number of aromatic nitrogens is 2. The maximum atomic E-state index is 13.1. The molecule has 0 aliphatic rings. The van der Waals surface area contributed by atoms with Gasteiger partial charge in [-0.3, -0.25) is 24.3 Å². The van der Waals surface area contributed by atoms with Crippen LogP contribution >= 0.6 is 22.9 Å². The van der Waals surface area contributed by atoms with Crippen LogP contribution in [0.25, 0.3) is 21.3 Å². The number of hydrogen-bond donors (Lipinski definition) is 1. The minimum absolute atomic E-state index is 0.00643. The van der Waals surface area contributed by atoms with Gasteiger partial charge in [0.05, 0.1) is 16.6 Å². The second-order valence-corrected chi connectivity index (χ2v) is 8.43. The summed E-state index contributed by atoms with van der Waals surface area (Å²) in [6.45, 7) is 2.11. The fourth-order valence-electron chi connectivity index (χ4n) is 3.25.